The fraction of sp³-hybridized carbons (Fsp3) is 0.400. The van der Waals surface area contributed by atoms with Crippen LogP contribution in [0.3, 0.4) is 0 Å². The molecule has 9 heteroatoms. The van der Waals surface area contributed by atoms with Crippen molar-refractivity contribution in [3.63, 3.8) is 0 Å². The van der Waals surface area contributed by atoms with Crippen LogP contribution in [0.4, 0.5) is 11.4 Å². The Morgan fingerprint density at radius 2 is 1.93 bits per heavy atom. The zero-order valence-corrected chi connectivity index (χ0v) is 17.3. The molecule has 0 atom stereocenters. The van der Waals surface area contributed by atoms with E-state index in [0.29, 0.717) is 5.69 Å². The molecule has 0 unspecified atom stereocenters. The molecule has 1 fully saturated rings. The van der Waals surface area contributed by atoms with Gasteiger partial charge in [0, 0.05) is 11.7 Å². The second kappa shape index (κ2) is 8.60. The van der Waals surface area contributed by atoms with Gasteiger partial charge in [-0.2, -0.15) is 4.37 Å². The van der Waals surface area contributed by atoms with E-state index in [1.807, 2.05) is 26.0 Å². The van der Waals surface area contributed by atoms with Gasteiger partial charge in [-0.15, -0.1) is 0 Å². The van der Waals surface area contributed by atoms with Crippen molar-refractivity contribution in [1.29, 1.82) is 0 Å². The van der Waals surface area contributed by atoms with Crippen molar-refractivity contribution >= 4 is 40.6 Å². The summed E-state index contributed by atoms with van der Waals surface area (Å²) in [5.74, 6) is -1.51. The number of hydrogen-bond acceptors (Lipinski definition) is 6. The molecule has 0 aliphatic heterocycles. The summed E-state index contributed by atoms with van der Waals surface area (Å²) in [6, 6.07) is 5.77. The van der Waals surface area contributed by atoms with Gasteiger partial charge in [0.15, 0.2) is 5.69 Å². The molecule has 1 heterocycles. The maximum absolute atomic E-state index is 13.3. The minimum absolute atomic E-state index is 0.0570. The summed E-state index contributed by atoms with van der Waals surface area (Å²) < 4.78 is 3.91. The third-order valence-corrected chi connectivity index (χ3v) is 5.92. The Bertz CT molecular complexity index is 950. The highest BCUT2D eigenvalue weighted by Gasteiger charge is 2.29. The maximum Gasteiger partial charge on any atom is 0.272 e. The molecule has 0 bridgehead atoms. The van der Waals surface area contributed by atoms with E-state index in [9.17, 15) is 14.4 Å². The maximum atomic E-state index is 13.3. The molecule has 1 aliphatic carbocycles. The molecule has 29 heavy (non-hydrogen) atoms. The van der Waals surface area contributed by atoms with Crippen LogP contribution in [0.15, 0.2) is 18.2 Å². The average molecular weight is 416 g/mol. The number of nitrogens with two attached hydrogens (primary N) is 2. The van der Waals surface area contributed by atoms with Gasteiger partial charge in [-0.05, 0) is 49.9 Å². The number of amides is 3. The molecular weight excluding hydrogens is 390 g/mol. The Morgan fingerprint density at radius 1 is 1.24 bits per heavy atom. The zero-order chi connectivity index (χ0) is 21.1. The summed E-state index contributed by atoms with van der Waals surface area (Å²) in [5, 5.41) is 3.00. The molecule has 8 nitrogen and oxygen atoms in total. The molecule has 1 aromatic heterocycles. The van der Waals surface area contributed by atoms with Crippen LogP contribution in [0.25, 0.3) is 0 Å². The van der Waals surface area contributed by atoms with Gasteiger partial charge in [-0.3, -0.25) is 19.3 Å². The standard InChI is InChI=1S/C20H25N5O3S/c1-11-7-8-14(12(2)9-11)25(10-15(26)23-13-5-3-4-6-13)20(28)18-16(21)17(19(22)27)24-29-18/h7-9,13H,3-6,10,21H2,1-2H3,(H2,22,27)(H,23,26). The summed E-state index contributed by atoms with van der Waals surface area (Å²) in [5.41, 5.74) is 13.5. The fourth-order valence-corrected chi connectivity index (χ4v) is 4.37. The molecule has 3 rings (SSSR count). The number of benzene rings is 1. The molecule has 3 amide bonds. The van der Waals surface area contributed by atoms with Gasteiger partial charge in [0.2, 0.25) is 5.91 Å². The van der Waals surface area contributed by atoms with E-state index in [0.717, 1.165) is 48.3 Å². The molecule has 0 saturated heterocycles. The molecule has 154 valence electrons. The fourth-order valence-electron chi connectivity index (χ4n) is 3.61. The Hall–Kier alpha value is -2.94. The highest BCUT2D eigenvalue weighted by molar-refractivity contribution is 7.09. The van der Waals surface area contributed by atoms with Gasteiger partial charge in [-0.25, -0.2) is 0 Å². The molecular formula is C20H25N5O3S. The van der Waals surface area contributed by atoms with Crippen molar-refractivity contribution in [3.8, 4) is 0 Å². The quantitative estimate of drug-likeness (QED) is 0.665. The Balaban J connectivity index is 1.92. The normalized spacial score (nSPS) is 14.0. The van der Waals surface area contributed by atoms with Crippen molar-refractivity contribution in [2.24, 2.45) is 5.73 Å². The predicted molar refractivity (Wildman–Crippen MR) is 113 cm³/mol. The topological polar surface area (TPSA) is 131 Å². The Morgan fingerprint density at radius 3 is 2.52 bits per heavy atom. The Kier molecular flexibility index (Phi) is 6.17. The van der Waals surface area contributed by atoms with E-state index in [4.69, 9.17) is 11.5 Å². The first kappa shape index (κ1) is 20.8. The van der Waals surface area contributed by atoms with Crippen molar-refractivity contribution in [2.45, 2.75) is 45.6 Å². The molecule has 0 spiro atoms. The lowest BCUT2D eigenvalue weighted by atomic mass is 10.1. The number of rotatable bonds is 6. The van der Waals surface area contributed by atoms with E-state index >= 15 is 0 Å². The van der Waals surface area contributed by atoms with Crippen LogP contribution >= 0.6 is 11.5 Å². The summed E-state index contributed by atoms with van der Waals surface area (Å²) >= 11 is 0.806. The molecule has 2 aromatic rings. The van der Waals surface area contributed by atoms with E-state index < -0.39 is 11.8 Å². The average Bonchev–Trinajstić information content (AvgIpc) is 3.29. The molecule has 1 aliphatic rings. The van der Waals surface area contributed by atoms with Crippen molar-refractivity contribution in [1.82, 2.24) is 9.69 Å². The third-order valence-electron chi connectivity index (χ3n) is 5.07. The third kappa shape index (κ3) is 4.56. The summed E-state index contributed by atoms with van der Waals surface area (Å²) in [6.07, 6.45) is 4.09. The molecule has 0 radical (unpaired) electrons. The summed E-state index contributed by atoms with van der Waals surface area (Å²) in [4.78, 5) is 38.9. The predicted octanol–water partition coefficient (Wildman–Crippen LogP) is 2.15. The van der Waals surface area contributed by atoms with E-state index in [1.54, 1.807) is 6.07 Å². The lowest BCUT2D eigenvalue weighted by Crippen LogP contribution is -2.44. The number of carbonyl (C=O) groups excluding carboxylic acids is 3. The number of nitrogens with one attached hydrogen (secondary N) is 1. The zero-order valence-electron chi connectivity index (χ0n) is 16.5. The van der Waals surface area contributed by atoms with Gasteiger partial charge < -0.3 is 16.8 Å². The molecule has 1 aromatic carbocycles. The van der Waals surface area contributed by atoms with E-state index in [1.165, 1.54) is 4.90 Å². The molecule has 1 saturated carbocycles. The second-order valence-corrected chi connectivity index (χ2v) is 8.14. The van der Waals surface area contributed by atoms with Crippen LogP contribution in [-0.4, -0.2) is 34.7 Å². The number of carbonyl (C=O) groups is 3. The largest absolute Gasteiger partial charge is 0.395 e. The summed E-state index contributed by atoms with van der Waals surface area (Å²) in [7, 11) is 0. The number of primary amides is 1. The van der Waals surface area contributed by atoms with E-state index in [-0.39, 0.29) is 34.8 Å². The number of anilines is 2. The minimum Gasteiger partial charge on any atom is -0.395 e. The van der Waals surface area contributed by atoms with Crippen LogP contribution < -0.4 is 21.7 Å². The van der Waals surface area contributed by atoms with Gasteiger partial charge in [0.25, 0.3) is 11.8 Å². The number of aromatic nitrogens is 1. The SMILES string of the molecule is Cc1ccc(N(CC(=O)NC2CCCC2)C(=O)c2snc(C(N)=O)c2N)c(C)c1. The first-order chi connectivity index (χ1) is 13.8. The van der Waals surface area contributed by atoms with Crippen LogP contribution in [0.5, 0.6) is 0 Å². The number of aryl methyl sites for hydroxylation is 2. The first-order valence-electron chi connectivity index (χ1n) is 9.51. The monoisotopic (exact) mass is 415 g/mol. The van der Waals surface area contributed by atoms with Crippen LogP contribution in [0.2, 0.25) is 0 Å². The number of hydrogen-bond donors (Lipinski definition) is 3. The van der Waals surface area contributed by atoms with Crippen LogP contribution in [-0.2, 0) is 4.79 Å². The lowest BCUT2D eigenvalue weighted by molar-refractivity contribution is -0.120. The Labute approximate surface area is 173 Å². The lowest BCUT2D eigenvalue weighted by Gasteiger charge is -2.25. The minimum atomic E-state index is -0.796. The highest BCUT2D eigenvalue weighted by atomic mass is 32.1. The van der Waals surface area contributed by atoms with Gasteiger partial charge >= 0.3 is 0 Å². The van der Waals surface area contributed by atoms with Crippen molar-refractivity contribution in [2.75, 3.05) is 17.2 Å². The van der Waals surface area contributed by atoms with Crippen molar-refractivity contribution in [3.05, 3.63) is 39.9 Å². The molecule has 5 N–H and O–H groups in total. The first-order valence-corrected chi connectivity index (χ1v) is 10.3. The van der Waals surface area contributed by atoms with E-state index in [2.05, 4.69) is 9.69 Å². The number of nitrogen functional groups attached to an aromatic ring is 1. The summed E-state index contributed by atoms with van der Waals surface area (Å²) in [6.45, 7) is 3.68. The van der Waals surface area contributed by atoms with Crippen LogP contribution in [0, 0.1) is 13.8 Å². The van der Waals surface area contributed by atoms with Crippen LogP contribution in [0.1, 0.15) is 57.0 Å². The highest BCUT2D eigenvalue weighted by Crippen LogP contribution is 2.28. The van der Waals surface area contributed by atoms with Gasteiger partial charge in [-0.1, -0.05) is 30.5 Å². The smallest absolute Gasteiger partial charge is 0.272 e. The van der Waals surface area contributed by atoms with Gasteiger partial charge in [0.05, 0.1) is 5.69 Å². The van der Waals surface area contributed by atoms with Gasteiger partial charge in [0.1, 0.15) is 11.4 Å². The van der Waals surface area contributed by atoms with Crippen molar-refractivity contribution < 1.29 is 14.4 Å². The second-order valence-electron chi connectivity index (χ2n) is 7.37. The number of nitrogens with zero attached hydrogens (tertiary/aromatic N) is 2.